The van der Waals surface area contributed by atoms with E-state index >= 15 is 0 Å². The molecule has 1 atom stereocenters. The van der Waals surface area contributed by atoms with Gasteiger partial charge in [-0.3, -0.25) is 4.90 Å². The molecule has 1 unspecified atom stereocenters. The minimum absolute atomic E-state index is 0.346. The third kappa shape index (κ3) is 5.23. The molecule has 0 radical (unpaired) electrons. The molecule has 140 valence electrons. The molecule has 0 saturated carbocycles. The summed E-state index contributed by atoms with van der Waals surface area (Å²) in [5.41, 5.74) is 1.38. The van der Waals surface area contributed by atoms with Crippen LogP contribution < -0.4 is 9.47 Å². The molecular weight excluding hydrogens is 330 g/mol. The number of hydrogen-bond acceptors (Lipinski definition) is 5. The van der Waals surface area contributed by atoms with Gasteiger partial charge in [-0.25, -0.2) is 4.79 Å². The fraction of sp³-hybridized carbons (Fsp3) is 0.381. The molecule has 5 nitrogen and oxygen atoms in total. The number of carbonyl (C=O) groups is 1. The van der Waals surface area contributed by atoms with Gasteiger partial charge in [0.05, 0.1) is 19.8 Å². The maximum Gasteiger partial charge on any atom is 0.339 e. The zero-order valence-corrected chi connectivity index (χ0v) is 15.9. The second-order valence-corrected chi connectivity index (χ2v) is 5.89. The highest BCUT2D eigenvalue weighted by Crippen LogP contribution is 2.26. The Morgan fingerprint density at radius 2 is 1.54 bits per heavy atom. The molecule has 2 aromatic rings. The van der Waals surface area contributed by atoms with Crippen LogP contribution in [0.4, 0.5) is 0 Å². The molecule has 0 aromatic heterocycles. The maximum atomic E-state index is 12.8. The number of ether oxygens (including phenoxy) is 3. The van der Waals surface area contributed by atoms with Crippen LogP contribution in [-0.2, 0) is 4.74 Å². The van der Waals surface area contributed by atoms with E-state index in [2.05, 4.69) is 18.7 Å². The first kappa shape index (κ1) is 19.8. The highest BCUT2D eigenvalue weighted by Gasteiger charge is 2.21. The van der Waals surface area contributed by atoms with E-state index < -0.39 is 5.97 Å². The summed E-state index contributed by atoms with van der Waals surface area (Å²) in [6.45, 7) is 6.62. The molecule has 2 aromatic carbocycles. The van der Waals surface area contributed by atoms with Crippen molar-refractivity contribution in [3.63, 3.8) is 0 Å². The standard InChI is InChI=1S/C21H27NO4/c1-5-22(6-2)15-20(16-10-8-7-9-11-16)26-21(23)17-12-18(24-3)14-19(13-17)25-4/h7-14,20H,5-6,15H2,1-4H3. The van der Waals surface area contributed by atoms with Gasteiger partial charge in [0.2, 0.25) is 0 Å². The van der Waals surface area contributed by atoms with Gasteiger partial charge in [-0.2, -0.15) is 0 Å². The predicted molar refractivity (Wildman–Crippen MR) is 102 cm³/mol. The summed E-state index contributed by atoms with van der Waals surface area (Å²) in [6, 6.07) is 14.9. The Kier molecular flexibility index (Phi) is 7.48. The van der Waals surface area contributed by atoms with Gasteiger partial charge in [0.1, 0.15) is 17.6 Å². The molecule has 26 heavy (non-hydrogen) atoms. The van der Waals surface area contributed by atoms with Crippen LogP contribution in [-0.4, -0.2) is 44.7 Å². The first-order chi connectivity index (χ1) is 12.6. The number of benzene rings is 2. The van der Waals surface area contributed by atoms with Gasteiger partial charge < -0.3 is 14.2 Å². The molecule has 0 amide bonds. The Hall–Kier alpha value is -2.53. The largest absolute Gasteiger partial charge is 0.497 e. The second kappa shape index (κ2) is 9.82. The van der Waals surface area contributed by atoms with Crippen molar-refractivity contribution in [3.8, 4) is 11.5 Å². The van der Waals surface area contributed by atoms with Gasteiger partial charge in [0.15, 0.2) is 0 Å². The quantitative estimate of drug-likeness (QED) is 0.636. The van der Waals surface area contributed by atoms with Crippen LogP contribution >= 0.6 is 0 Å². The van der Waals surface area contributed by atoms with E-state index in [0.29, 0.717) is 23.6 Å². The van der Waals surface area contributed by atoms with Crippen molar-refractivity contribution in [1.82, 2.24) is 4.90 Å². The maximum absolute atomic E-state index is 12.8. The molecule has 0 spiro atoms. The van der Waals surface area contributed by atoms with Crippen molar-refractivity contribution in [2.75, 3.05) is 33.9 Å². The fourth-order valence-electron chi connectivity index (χ4n) is 2.72. The summed E-state index contributed by atoms with van der Waals surface area (Å²) < 4.78 is 16.3. The van der Waals surface area contributed by atoms with Crippen molar-refractivity contribution >= 4 is 5.97 Å². The lowest BCUT2D eigenvalue weighted by atomic mass is 10.1. The van der Waals surface area contributed by atoms with E-state index in [9.17, 15) is 4.79 Å². The number of likely N-dealkylation sites (N-methyl/N-ethyl adjacent to an activating group) is 1. The zero-order valence-electron chi connectivity index (χ0n) is 15.9. The highest BCUT2D eigenvalue weighted by atomic mass is 16.5. The summed E-state index contributed by atoms with van der Waals surface area (Å²) in [7, 11) is 3.11. The molecule has 5 heteroatoms. The van der Waals surface area contributed by atoms with Crippen LogP contribution in [0.3, 0.4) is 0 Å². The minimum Gasteiger partial charge on any atom is -0.497 e. The first-order valence-electron chi connectivity index (χ1n) is 8.82. The van der Waals surface area contributed by atoms with Gasteiger partial charge in [-0.15, -0.1) is 0 Å². The van der Waals surface area contributed by atoms with Crippen LogP contribution in [0.1, 0.15) is 35.9 Å². The number of nitrogens with zero attached hydrogens (tertiary/aromatic N) is 1. The lowest BCUT2D eigenvalue weighted by molar-refractivity contribution is 0.0204. The van der Waals surface area contributed by atoms with Gasteiger partial charge in [-0.05, 0) is 30.8 Å². The highest BCUT2D eigenvalue weighted by molar-refractivity contribution is 5.90. The second-order valence-electron chi connectivity index (χ2n) is 5.89. The van der Waals surface area contributed by atoms with Gasteiger partial charge in [0, 0.05) is 12.6 Å². The van der Waals surface area contributed by atoms with E-state index in [1.54, 1.807) is 32.4 Å². The lowest BCUT2D eigenvalue weighted by Gasteiger charge is -2.25. The lowest BCUT2D eigenvalue weighted by Crippen LogP contribution is -2.30. The number of methoxy groups -OCH3 is 2. The van der Waals surface area contributed by atoms with E-state index in [1.807, 2.05) is 30.3 Å². The monoisotopic (exact) mass is 357 g/mol. The van der Waals surface area contributed by atoms with E-state index in [-0.39, 0.29) is 6.10 Å². The Bertz CT molecular complexity index is 676. The van der Waals surface area contributed by atoms with Crippen molar-refractivity contribution in [1.29, 1.82) is 0 Å². The van der Waals surface area contributed by atoms with E-state index in [0.717, 1.165) is 18.7 Å². The Balaban J connectivity index is 2.25. The number of hydrogen-bond donors (Lipinski definition) is 0. The smallest absolute Gasteiger partial charge is 0.339 e. The summed E-state index contributed by atoms with van der Waals surface area (Å²) in [4.78, 5) is 15.0. The fourth-order valence-corrected chi connectivity index (χ4v) is 2.72. The summed E-state index contributed by atoms with van der Waals surface area (Å²) >= 11 is 0. The van der Waals surface area contributed by atoms with Crippen LogP contribution in [0.15, 0.2) is 48.5 Å². The van der Waals surface area contributed by atoms with Crippen LogP contribution in [0, 0.1) is 0 Å². The molecule has 0 N–H and O–H groups in total. The SMILES string of the molecule is CCN(CC)CC(OC(=O)c1cc(OC)cc(OC)c1)c1ccccc1. The zero-order chi connectivity index (χ0) is 18.9. The predicted octanol–water partition coefficient (Wildman–Crippen LogP) is 3.94. The van der Waals surface area contributed by atoms with Crippen LogP contribution in [0.25, 0.3) is 0 Å². The van der Waals surface area contributed by atoms with Gasteiger partial charge >= 0.3 is 5.97 Å². The average molecular weight is 357 g/mol. The van der Waals surface area contributed by atoms with Crippen LogP contribution in [0.2, 0.25) is 0 Å². The Morgan fingerprint density at radius 1 is 0.962 bits per heavy atom. The first-order valence-corrected chi connectivity index (χ1v) is 8.82. The van der Waals surface area contributed by atoms with Crippen molar-refractivity contribution in [2.45, 2.75) is 20.0 Å². The Morgan fingerprint density at radius 3 is 2.04 bits per heavy atom. The van der Waals surface area contributed by atoms with E-state index in [1.165, 1.54) is 0 Å². The average Bonchev–Trinajstić information content (AvgIpc) is 2.71. The minimum atomic E-state index is -0.400. The topological polar surface area (TPSA) is 48.0 Å². The molecule has 0 saturated heterocycles. The molecule has 0 heterocycles. The van der Waals surface area contributed by atoms with Gasteiger partial charge in [-0.1, -0.05) is 44.2 Å². The summed E-state index contributed by atoms with van der Waals surface area (Å²) in [5.74, 6) is 0.704. The van der Waals surface area contributed by atoms with Crippen molar-refractivity contribution in [3.05, 3.63) is 59.7 Å². The molecule has 0 bridgehead atoms. The normalized spacial score (nSPS) is 11.9. The molecule has 0 aliphatic rings. The number of rotatable bonds is 9. The molecular formula is C21H27NO4. The summed E-state index contributed by atoms with van der Waals surface area (Å²) in [5, 5.41) is 0. The molecule has 0 aliphatic heterocycles. The van der Waals surface area contributed by atoms with Crippen molar-refractivity contribution in [2.24, 2.45) is 0 Å². The number of carbonyl (C=O) groups excluding carboxylic acids is 1. The molecule has 2 rings (SSSR count). The molecule has 0 fully saturated rings. The van der Waals surface area contributed by atoms with Gasteiger partial charge in [0.25, 0.3) is 0 Å². The van der Waals surface area contributed by atoms with Crippen molar-refractivity contribution < 1.29 is 19.0 Å². The Labute approximate surface area is 155 Å². The third-order valence-corrected chi connectivity index (χ3v) is 4.33. The number of esters is 1. The molecule has 0 aliphatic carbocycles. The van der Waals surface area contributed by atoms with E-state index in [4.69, 9.17) is 14.2 Å². The van der Waals surface area contributed by atoms with Crippen LogP contribution in [0.5, 0.6) is 11.5 Å². The third-order valence-electron chi connectivity index (χ3n) is 4.33. The summed E-state index contributed by atoms with van der Waals surface area (Å²) in [6.07, 6.45) is -0.346.